The lowest BCUT2D eigenvalue weighted by Gasteiger charge is -2.48. The summed E-state index contributed by atoms with van der Waals surface area (Å²) in [6, 6.07) is 10.4. The van der Waals surface area contributed by atoms with Crippen molar-refractivity contribution < 1.29 is 9.84 Å². The van der Waals surface area contributed by atoms with Crippen LogP contribution in [0.25, 0.3) is 0 Å². The van der Waals surface area contributed by atoms with Crippen molar-refractivity contribution in [3.63, 3.8) is 0 Å². The Balaban J connectivity index is 1.58. The van der Waals surface area contributed by atoms with E-state index in [9.17, 15) is 5.11 Å². The number of nitrogens with one attached hydrogen (secondary N) is 2. The average molecular weight is 380 g/mol. The maximum atomic E-state index is 11.0. The van der Waals surface area contributed by atoms with Gasteiger partial charge in [0.25, 0.3) is 0 Å². The molecule has 1 aliphatic carbocycles. The Hall–Kier alpha value is -2.50. The summed E-state index contributed by atoms with van der Waals surface area (Å²) >= 11 is 0. The Morgan fingerprint density at radius 2 is 1.96 bits per heavy atom. The van der Waals surface area contributed by atoms with E-state index < -0.39 is 11.8 Å². The largest absolute Gasteiger partial charge is 0.461 e. The Bertz CT molecular complexity index is 894. The molecule has 3 aliphatic rings. The molecule has 0 radical (unpaired) electrons. The molecule has 1 unspecified atom stereocenters. The number of rotatable bonds is 4. The smallest absolute Gasteiger partial charge is 0.163 e. The van der Waals surface area contributed by atoms with Crippen molar-refractivity contribution in [3.05, 3.63) is 82.1 Å². The topological polar surface area (TPSA) is 56.8 Å². The van der Waals surface area contributed by atoms with Gasteiger partial charge in [-0.1, -0.05) is 30.3 Å². The monoisotopic (exact) mass is 379 g/mol. The van der Waals surface area contributed by atoms with Gasteiger partial charge >= 0.3 is 0 Å². The van der Waals surface area contributed by atoms with Crippen molar-refractivity contribution in [1.29, 1.82) is 0 Å². The van der Waals surface area contributed by atoms with Crippen LogP contribution >= 0.6 is 0 Å². The molecule has 0 saturated heterocycles. The van der Waals surface area contributed by atoms with E-state index in [1.165, 1.54) is 11.1 Å². The fourth-order valence-electron chi connectivity index (χ4n) is 3.87. The minimum Gasteiger partial charge on any atom is -0.461 e. The first kappa shape index (κ1) is 18.8. The molecular weight excluding hydrogens is 350 g/mol. The first-order valence-corrected chi connectivity index (χ1v) is 9.89. The van der Waals surface area contributed by atoms with Crippen LogP contribution in [0.4, 0.5) is 0 Å². The quantitative estimate of drug-likeness (QED) is 0.748. The highest BCUT2D eigenvalue weighted by molar-refractivity contribution is 5.50. The van der Waals surface area contributed by atoms with Crippen molar-refractivity contribution in [1.82, 2.24) is 15.8 Å². The lowest BCUT2D eigenvalue weighted by Crippen LogP contribution is -2.64. The summed E-state index contributed by atoms with van der Waals surface area (Å²) in [6.07, 6.45) is 5.17. The van der Waals surface area contributed by atoms with E-state index in [4.69, 9.17) is 4.74 Å². The lowest BCUT2D eigenvalue weighted by molar-refractivity contribution is -0.0691. The van der Waals surface area contributed by atoms with Gasteiger partial charge in [0.1, 0.15) is 11.5 Å². The fourth-order valence-corrected chi connectivity index (χ4v) is 3.87. The highest BCUT2D eigenvalue weighted by Gasteiger charge is 2.41. The van der Waals surface area contributed by atoms with Gasteiger partial charge in [-0.25, -0.2) is 5.43 Å². The Kier molecular flexibility index (Phi) is 4.81. The van der Waals surface area contributed by atoms with Crippen molar-refractivity contribution in [2.45, 2.75) is 52.3 Å². The number of allylic oxidation sites excluding steroid dienone is 6. The third-order valence-corrected chi connectivity index (χ3v) is 5.63. The van der Waals surface area contributed by atoms with E-state index in [-0.39, 0.29) is 0 Å². The number of aliphatic hydroxyl groups is 1. The zero-order chi connectivity index (χ0) is 19.9. The SMILES string of the molecule is CC1=C(C)OC2=CC3=C(CC2=C1)NC(C)(C)C(O)N3NCCc1ccccc1. The number of benzene rings is 1. The normalized spacial score (nSPS) is 23.3. The van der Waals surface area contributed by atoms with Crippen molar-refractivity contribution >= 4 is 0 Å². The Morgan fingerprint density at radius 3 is 2.71 bits per heavy atom. The summed E-state index contributed by atoms with van der Waals surface area (Å²) in [4.78, 5) is 0. The van der Waals surface area contributed by atoms with Crippen molar-refractivity contribution in [3.8, 4) is 0 Å². The molecule has 2 aliphatic heterocycles. The summed E-state index contributed by atoms with van der Waals surface area (Å²) in [6.45, 7) is 8.84. The third kappa shape index (κ3) is 3.48. The molecule has 0 amide bonds. The van der Waals surface area contributed by atoms with Crippen LogP contribution in [0.15, 0.2) is 76.5 Å². The second kappa shape index (κ2) is 7.15. The van der Waals surface area contributed by atoms with E-state index in [1.807, 2.05) is 37.9 Å². The third-order valence-electron chi connectivity index (χ3n) is 5.63. The molecule has 1 aromatic rings. The number of hydrazine groups is 1. The van der Waals surface area contributed by atoms with Crippen LogP contribution < -0.4 is 10.7 Å². The number of aliphatic hydroxyl groups excluding tert-OH is 1. The zero-order valence-corrected chi connectivity index (χ0v) is 17.0. The van der Waals surface area contributed by atoms with E-state index in [0.717, 1.165) is 47.9 Å². The number of fused-ring (bicyclic) bond motifs is 1. The second-order valence-corrected chi connectivity index (χ2v) is 8.29. The first-order valence-electron chi connectivity index (χ1n) is 9.89. The van der Waals surface area contributed by atoms with Crippen LogP contribution in [0.1, 0.15) is 39.7 Å². The summed E-state index contributed by atoms with van der Waals surface area (Å²) in [5, 5.41) is 16.4. The molecule has 0 aromatic heterocycles. The maximum Gasteiger partial charge on any atom is 0.163 e. The van der Waals surface area contributed by atoms with Gasteiger partial charge in [0.2, 0.25) is 0 Å². The zero-order valence-electron chi connectivity index (χ0n) is 17.0. The van der Waals surface area contributed by atoms with E-state index >= 15 is 0 Å². The molecule has 2 heterocycles. The molecule has 0 bridgehead atoms. The van der Waals surface area contributed by atoms with Gasteiger partial charge in [0.05, 0.1) is 11.2 Å². The standard InChI is InChI=1S/C23H29N3O2/c1-15-12-18-13-19-20(14-21(18)28-16(15)2)26(22(27)23(3,4)25-19)24-11-10-17-8-6-5-7-9-17/h5-9,12,14,22,24-25,27H,10-11,13H2,1-4H3. The minimum absolute atomic E-state index is 0.471. The highest BCUT2D eigenvalue weighted by atomic mass is 16.5. The predicted molar refractivity (Wildman–Crippen MR) is 110 cm³/mol. The Labute approximate surface area is 167 Å². The number of hydrogen-bond acceptors (Lipinski definition) is 5. The number of hydrogen-bond donors (Lipinski definition) is 3. The van der Waals surface area contributed by atoms with Crippen LogP contribution in [0.5, 0.6) is 0 Å². The van der Waals surface area contributed by atoms with Gasteiger partial charge in [-0.05, 0) is 51.3 Å². The molecule has 1 aromatic carbocycles. The molecule has 5 heteroatoms. The van der Waals surface area contributed by atoms with Crippen LogP contribution in [-0.4, -0.2) is 28.4 Å². The van der Waals surface area contributed by atoms with E-state index in [2.05, 4.69) is 48.0 Å². The molecule has 0 saturated carbocycles. The van der Waals surface area contributed by atoms with Crippen molar-refractivity contribution in [2.24, 2.45) is 0 Å². The first-order chi connectivity index (χ1) is 13.3. The summed E-state index contributed by atoms with van der Waals surface area (Å²) in [5.74, 6) is 1.79. The molecule has 1 atom stereocenters. The van der Waals surface area contributed by atoms with Gasteiger partial charge in [0.15, 0.2) is 6.23 Å². The van der Waals surface area contributed by atoms with E-state index in [0.29, 0.717) is 0 Å². The molecule has 0 spiro atoms. The van der Waals surface area contributed by atoms with Gasteiger partial charge < -0.3 is 15.2 Å². The Morgan fingerprint density at radius 1 is 1.21 bits per heavy atom. The predicted octanol–water partition coefficient (Wildman–Crippen LogP) is 3.49. The van der Waals surface area contributed by atoms with E-state index in [1.54, 1.807) is 0 Å². The van der Waals surface area contributed by atoms with Gasteiger partial charge in [0, 0.05) is 30.3 Å². The molecule has 28 heavy (non-hydrogen) atoms. The average Bonchev–Trinajstić information content (AvgIpc) is 2.66. The van der Waals surface area contributed by atoms with Crippen LogP contribution in [-0.2, 0) is 11.2 Å². The molecule has 3 N–H and O–H groups in total. The van der Waals surface area contributed by atoms with Crippen LogP contribution in [0, 0.1) is 0 Å². The number of nitrogens with zero attached hydrogens (tertiary/aromatic N) is 1. The highest BCUT2D eigenvalue weighted by Crippen LogP contribution is 2.39. The second-order valence-electron chi connectivity index (χ2n) is 8.29. The summed E-state index contributed by atoms with van der Waals surface area (Å²) in [7, 11) is 0. The van der Waals surface area contributed by atoms with Gasteiger partial charge in [-0.15, -0.1) is 0 Å². The molecule has 148 valence electrons. The molecule has 0 fully saturated rings. The molecule has 5 nitrogen and oxygen atoms in total. The molecule has 4 rings (SSSR count). The lowest BCUT2D eigenvalue weighted by atomic mass is 9.90. The maximum absolute atomic E-state index is 11.0. The van der Waals surface area contributed by atoms with Crippen LogP contribution in [0.2, 0.25) is 0 Å². The van der Waals surface area contributed by atoms with Gasteiger partial charge in [-0.3, -0.25) is 5.01 Å². The fraction of sp³-hybridized carbons (Fsp3) is 0.391. The summed E-state index contributed by atoms with van der Waals surface area (Å²) < 4.78 is 6.04. The minimum atomic E-state index is -0.702. The van der Waals surface area contributed by atoms with Gasteiger partial charge in [-0.2, -0.15) is 0 Å². The molecular formula is C23H29N3O2. The summed E-state index contributed by atoms with van der Waals surface area (Å²) in [5.41, 5.74) is 8.62. The number of ether oxygens (including phenoxy) is 1. The van der Waals surface area contributed by atoms with Crippen LogP contribution in [0.3, 0.4) is 0 Å². The van der Waals surface area contributed by atoms with Crippen molar-refractivity contribution in [2.75, 3.05) is 6.54 Å².